The molecular formula is C16H15F5N2O3S. The second-order valence-corrected chi connectivity index (χ2v) is 7.53. The summed E-state index contributed by atoms with van der Waals surface area (Å²) in [5.41, 5.74) is -1.62. The van der Waals surface area contributed by atoms with Crippen LogP contribution in [0.5, 0.6) is 0 Å². The van der Waals surface area contributed by atoms with Crippen molar-refractivity contribution in [3.8, 4) is 0 Å². The molecule has 0 amide bonds. The van der Waals surface area contributed by atoms with Crippen molar-refractivity contribution in [3.05, 3.63) is 64.1 Å². The summed E-state index contributed by atoms with van der Waals surface area (Å²) in [7, 11) is -3.76. The first-order valence-corrected chi connectivity index (χ1v) is 9.03. The van der Waals surface area contributed by atoms with Gasteiger partial charge in [0.2, 0.25) is 10.0 Å². The van der Waals surface area contributed by atoms with E-state index in [0.717, 1.165) is 37.5 Å². The van der Waals surface area contributed by atoms with Gasteiger partial charge in [0, 0.05) is 25.9 Å². The summed E-state index contributed by atoms with van der Waals surface area (Å²) < 4.78 is 94.1. The molecule has 2 aromatic rings. The highest BCUT2D eigenvalue weighted by molar-refractivity contribution is 7.89. The van der Waals surface area contributed by atoms with E-state index in [1.54, 1.807) is 0 Å². The molecule has 27 heavy (non-hydrogen) atoms. The number of pyridine rings is 1. The van der Waals surface area contributed by atoms with E-state index in [4.69, 9.17) is 0 Å². The number of halogens is 5. The van der Waals surface area contributed by atoms with Crippen LogP contribution >= 0.6 is 0 Å². The molecule has 0 aliphatic carbocycles. The van der Waals surface area contributed by atoms with Gasteiger partial charge >= 0.3 is 6.18 Å². The summed E-state index contributed by atoms with van der Waals surface area (Å²) in [4.78, 5) is 10.6. The smallest absolute Gasteiger partial charge is 0.315 e. The zero-order valence-corrected chi connectivity index (χ0v) is 15.0. The van der Waals surface area contributed by atoms with Crippen LogP contribution in [-0.4, -0.2) is 30.0 Å². The van der Waals surface area contributed by atoms with Crippen molar-refractivity contribution in [3.63, 3.8) is 0 Å². The Morgan fingerprint density at radius 2 is 1.70 bits per heavy atom. The molecule has 1 aromatic carbocycles. The SMILES string of the molecule is CCN([C@H](c1ccc(F)cc1)C(F)(F)F)S(=O)(=O)c1cc(F)c(=O)n(C)c1. The van der Waals surface area contributed by atoms with Crippen LogP contribution in [0.3, 0.4) is 0 Å². The maximum Gasteiger partial charge on any atom is 0.409 e. The number of sulfonamides is 1. The van der Waals surface area contributed by atoms with E-state index in [1.165, 1.54) is 6.92 Å². The number of alkyl halides is 3. The topological polar surface area (TPSA) is 59.4 Å². The average Bonchev–Trinajstić information content (AvgIpc) is 2.56. The van der Waals surface area contributed by atoms with Crippen molar-refractivity contribution in [2.24, 2.45) is 7.05 Å². The molecule has 11 heteroatoms. The Balaban J connectivity index is 2.66. The summed E-state index contributed by atoms with van der Waals surface area (Å²) >= 11 is 0. The molecule has 148 valence electrons. The van der Waals surface area contributed by atoms with Gasteiger partial charge in [0.1, 0.15) is 16.8 Å². The zero-order valence-electron chi connectivity index (χ0n) is 14.2. The maximum absolute atomic E-state index is 13.7. The Hall–Kier alpha value is -2.27. The van der Waals surface area contributed by atoms with Gasteiger partial charge < -0.3 is 4.57 Å². The van der Waals surface area contributed by atoms with E-state index in [2.05, 4.69) is 0 Å². The molecule has 5 nitrogen and oxygen atoms in total. The third-order valence-corrected chi connectivity index (χ3v) is 5.72. The minimum Gasteiger partial charge on any atom is -0.315 e. The fourth-order valence-electron chi connectivity index (χ4n) is 2.57. The summed E-state index contributed by atoms with van der Waals surface area (Å²) in [6.07, 6.45) is -4.29. The van der Waals surface area contributed by atoms with Crippen LogP contribution in [0.4, 0.5) is 22.0 Å². The van der Waals surface area contributed by atoms with Crippen LogP contribution in [0.2, 0.25) is 0 Å². The Kier molecular flexibility index (Phi) is 5.76. The van der Waals surface area contributed by atoms with Crippen molar-refractivity contribution < 1.29 is 30.4 Å². The minimum atomic E-state index is -5.03. The second kappa shape index (κ2) is 7.39. The van der Waals surface area contributed by atoms with E-state index in [1.807, 2.05) is 0 Å². The van der Waals surface area contributed by atoms with Gasteiger partial charge in [0.25, 0.3) is 5.56 Å². The molecule has 0 saturated carbocycles. The lowest BCUT2D eigenvalue weighted by Gasteiger charge is -2.31. The van der Waals surface area contributed by atoms with E-state index >= 15 is 0 Å². The molecule has 1 atom stereocenters. The number of aryl methyl sites for hydroxylation is 1. The molecule has 0 spiro atoms. The number of rotatable bonds is 5. The normalized spacial score (nSPS) is 13.8. The molecule has 0 aliphatic rings. The fourth-order valence-corrected chi connectivity index (χ4v) is 4.25. The first-order valence-electron chi connectivity index (χ1n) is 7.59. The largest absolute Gasteiger partial charge is 0.409 e. The molecular weight excluding hydrogens is 395 g/mol. The van der Waals surface area contributed by atoms with Gasteiger partial charge in [-0.1, -0.05) is 19.1 Å². The molecule has 0 bridgehead atoms. The zero-order chi connectivity index (χ0) is 20.6. The van der Waals surface area contributed by atoms with Gasteiger partial charge in [0.15, 0.2) is 5.82 Å². The van der Waals surface area contributed by atoms with E-state index in [0.29, 0.717) is 10.6 Å². The first kappa shape index (κ1) is 21.0. The highest BCUT2D eigenvalue weighted by Gasteiger charge is 2.48. The van der Waals surface area contributed by atoms with Crippen molar-refractivity contribution in [2.75, 3.05) is 6.54 Å². The number of aromatic nitrogens is 1. The third-order valence-electron chi connectivity index (χ3n) is 3.82. The Bertz CT molecular complexity index is 958. The van der Waals surface area contributed by atoms with Crippen LogP contribution in [-0.2, 0) is 17.1 Å². The lowest BCUT2D eigenvalue weighted by Crippen LogP contribution is -2.42. The van der Waals surface area contributed by atoms with Crippen molar-refractivity contribution in [2.45, 2.75) is 24.0 Å². The van der Waals surface area contributed by atoms with Crippen LogP contribution in [0.1, 0.15) is 18.5 Å². The fraction of sp³-hybridized carbons (Fsp3) is 0.312. The molecule has 1 aromatic heterocycles. The lowest BCUT2D eigenvalue weighted by molar-refractivity contribution is -0.173. The van der Waals surface area contributed by atoms with Gasteiger partial charge in [-0.2, -0.15) is 17.5 Å². The summed E-state index contributed by atoms with van der Waals surface area (Å²) in [5.74, 6) is -2.20. The summed E-state index contributed by atoms with van der Waals surface area (Å²) in [6, 6.07) is 0.965. The number of nitrogens with zero attached hydrogens (tertiary/aromatic N) is 2. The highest BCUT2D eigenvalue weighted by atomic mass is 32.2. The second-order valence-electron chi connectivity index (χ2n) is 5.64. The van der Waals surface area contributed by atoms with E-state index in [9.17, 15) is 35.2 Å². The van der Waals surface area contributed by atoms with Crippen LogP contribution in [0, 0.1) is 11.6 Å². The average molecular weight is 410 g/mol. The molecule has 0 unspecified atom stereocenters. The Morgan fingerprint density at radius 1 is 1.15 bits per heavy atom. The molecule has 0 radical (unpaired) electrons. The third kappa shape index (κ3) is 4.19. The molecule has 0 N–H and O–H groups in total. The predicted molar refractivity (Wildman–Crippen MR) is 86.4 cm³/mol. The van der Waals surface area contributed by atoms with E-state index < -0.39 is 56.4 Å². The quantitative estimate of drug-likeness (QED) is 0.713. The highest BCUT2D eigenvalue weighted by Crippen LogP contribution is 2.40. The molecule has 0 fully saturated rings. The number of benzene rings is 1. The van der Waals surface area contributed by atoms with Gasteiger partial charge in [-0.25, -0.2) is 17.2 Å². The number of hydrogen-bond donors (Lipinski definition) is 0. The van der Waals surface area contributed by atoms with Gasteiger partial charge in [-0.05, 0) is 17.7 Å². The van der Waals surface area contributed by atoms with Gasteiger partial charge in [-0.15, -0.1) is 0 Å². The maximum atomic E-state index is 13.7. The van der Waals surface area contributed by atoms with Gasteiger partial charge in [-0.3, -0.25) is 4.79 Å². The van der Waals surface area contributed by atoms with E-state index in [-0.39, 0.29) is 4.31 Å². The van der Waals surface area contributed by atoms with Crippen LogP contribution < -0.4 is 5.56 Å². The first-order chi connectivity index (χ1) is 12.4. The van der Waals surface area contributed by atoms with Crippen LogP contribution in [0.15, 0.2) is 46.2 Å². The van der Waals surface area contributed by atoms with Crippen LogP contribution in [0.25, 0.3) is 0 Å². The molecule has 2 rings (SSSR count). The Morgan fingerprint density at radius 3 is 2.15 bits per heavy atom. The minimum absolute atomic E-state index is 0.124. The monoisotopic (exact) mass is 410 g/mol. The Labute approximate surface area is 151 Å². The van der Waals surface area contributed by atoms with Crippen molar-refractivity contribution in [1.29, 1.82) is 0 Å². The lowest BCUT2D eigenvalue weighted by atomic mass is 10.1. The molecule has 0 saturated heterocycles. The van der Waals surface area contributed by atoms with Crippen molar-refractivity contribution in [1.82, 2.24) is 8.87 Å². The summed E-state index contributed by atoms with van der Waals surface area (Å²) in [6.45, 7) is 0.576. The molecule has 0 aliphatic heterocycles. The summed E-state index contributed by atoms with van der Waals surface area (Å²) in [5, 5.41) is 0. The van der Waals surface area contributed by atoms with Crippen molar-refractivity contribution >= 4 is 10.0 Å². The molecule has 1 heterocycles. The van der Waals surface area contributed by atoms with Gasteiger partial charge in [0.05, 0.1) is 0 Å². The predicted octanol–water partition coefficient (Wildman–Crippen LogP) is 2.98. The number of hydrogen-bond acceptors (Lipinski definition) is 3. The standard InChI is InChI=1S/C16H15F5N2O3S/c1-3-23(14(16(19,20)21)10-4-6-11(17)7-5-10)27(25,26)12-8-13(18)15(24)22(2)9-12/h4-9,14H,3H2,1-2H3/t14-/m1/s1.